The Morgan fingerprint density at radius 3 is 2.88 bits per heavy atom. The van der Waals surface area contributed by atoms with Crippen molar-refractivity contribution in [1.82, 2.24) is 10.3 Å². The molecule has 0 aliphatic heterocycles. The Morgan fingerprint density at radius 1 is 1.59 bits per heavy atom. The number of carbonyl (C=O) groups is 1. The van der Waals surface area contributed by atoms with Gasteiger partial charge in [0.2, 0.25) is 5.91 Å². The summed E-state index contributed by atoms with van der Waals surface area (Å²) in [4.78, 5) is 16.0. The molecule has 0 aromatic carbocycles. The lowest BCUT2D eigenvalue weighted by atomic mass is 10.2. The molecular weight excluding hydrogens is 234 g/mol. The summed E-state index contributed by atoms with van der Waals surface area (Å²) in [6, 6.07) is 3.77. The van der Waals surface area contributed by atoms with Gasteiger partial charge < -0.3 is 11.1 Å². The lowest BCUT2D eigenvalue weighted by Gasteiger charge is -2.16. The number of amides is 1. The maximum Gasteiger partial charge on any atom is 0.233 e. The summed E-state index contributed by atoms with van der Waals surface area (Å²) >= 11 is 1.38. The summed E-state index contributed by atoms with van der Waals surface area (Å²) < 4.78 is 0. The van der Waals surface area contributed by atoms with E-state index in [1.165, 1.54) is 11.8 Å². The number of hydrogen-bond donors (Lipinski definition) is 2. The smallest absolute Gasteiger partial charge is 0.233 e. The average Bonchev–Trinajstić information content (AvgIpc) is 2.31. The molecule has 3 N–H and O–H groups in total. The van der Waals surface area contributed by atoms with Crippen molar-refractivity contribution in [2.45, 2.75) is 43.5 Å². The molecule has 94 valence electrons. The number of hydrogen-bond acceptors (Lipinski definition) is 4. The predicted molar refractivity (Wildman–Crippen MR) is 71.9 cm³/mol. The van der Waals surface area contributed by atoms with Crippen molar-refractivity contribution in [2.75, 3.05) is 5.73 Å². The second kappa shape index (κ2) is 6.49. The molecule has 1 aromatic rings. The number of nitrogens with two attached hydrogens (primary N) is 1. The van der Waals surface area contributed by atoms with E-state index in [2.05, 4.69) is 10.3 Å². The third kappa shape index (κ3) is 4.26. The SMILES string of the molecule is CCC(C)NC(=O)C(C)Sc1ncccc1N. The van der Waals surface area contributed by atoms with Crippen molar-refractivity contribution < 1.29 is 4.79 Å². The molecule has 2 atom stereocenters. The maximum atomic E-state index is 11.8. The molecule has 0 bridgehead atoms. The molecule has 1 heterocycles. The largest absolute Gasteiger partial charge is 0.397 e. The molecule has 4 nitrogen and oxygen atoms in total. The average molecular weight is 253 g/mol. The van der Waals surface area contributed by atoms with Crippen LogP contribution < -0.4 is 11.1 Å². The van der Waals surface area contributed by atoms with Gasteiger partial charge in [-0.05, 0) is 32.4 Å². The molecule has 5 heteroatoms. The van der Waals surface area contributed by atoms with Crippen LogP contribution in [0, 0.1) is 0 Å². The van der Waals surface area contributed by atoms with E-state index in [0.717, 1.165) is 6.42 Å². The number of rotatable bonds is 5. The molecule has 0 saturated heterocycles. The number of nitrogens with zero attached hydrogens (tertiary/aromatic N) is 1. The van der Waals surface area contributed by atoms with Gasteiger partial charge in [-0.25, -0.2) is 4.98 Å². The highest BCUT2D eigenvalue weighted by Crippen LogP contribution is 2.26. The van der Waals surface area contributed by atoms with E-state index in [9.17, 15) is 4.79 Å². The van der Waals surface area contributed by atoms with Gasteiger partial charge in [-0.15, -0.1) is 0 Å². The van der Waals surface area contributed by atoms with Crippen LogP contribution in [0.4, 0.5) is 5.69 Å². The first kappa shape index (κ1) is 13.8. The van der Waals surface area contributed by atoms with Gasteiger partial charge in [0.05, 0.1) is 10.9 Å². The van der Waals surface area contributed by atoms with E-state index in [4.69, 9.17) is 5.73 Å². The van der Waals surface area contributed by atoms with Crippen LogP contribution in [0.2, 0.25) is 0 Å². The quantitative estimate of drug-likeness (QED) is 0.788. The number of pyridine rings is 1. The molecular formula is C12H19N3OS. The zero-order chi connectivity index (χ0) is 12.8. The topological polar surface area (TPSA) is 68.0 Å². The highest BCUT2D eigenvalue weighted by atomic mass is 32.2. The van der Waals surface area contributed by atoms with Crippen LogP contribution in [0.15, 0.2) is 23.4 Å². The Balaban J connectivity index is 2.57. The van der Waals surface area contributed by atoms with E-state index in [0.29, 0.717) is 10.7 Å². The number of nitrogens with one attached hydrogen (secondary N) is 1. The van der Waals surface area contributed by atoms with E-state index < -0.39 is 0 Å². The molecule has 0 aliphatic rings. The molecule has 0 fully saturated rings. The van der Waals surface area contributed by atoms with Crippen LogP contribution in [0.25, 0.3) is 0 Å². The van der Waals surface area contributed by atoms with Gasteiger partial charge in [-0.2, -0.15) is 0 Å². The fourth-order valence-corrected chi connectivity index (χ4v) is 2.02. The number of thioether (sulfide) groups is 1. The Kier molecular flexibility index (Phi) is 5.28. The van der Waals surface area contributed by atoms with Crippen LogP contribution in [0.1, 0.15) is 27.2 Å². The van der Waals surface area contributed by atoms with E-state index in [-0.39, 0.29) is 17.2 Å². The van der Waals surface area contributed by atoms with Gasteiger partial charge in [0, 0.05) is 12.2 Å². The summed E-state index contributed by atoms with van der Waals surface area (Å²) in [6.07, 6.45) is 2.60. The predicted octanol–water partition coefficient (Wildman–Crippen LogP) is 2.06. The first-order valence-electron chi connectivity index (χ1n) is 5.72. The van der Waals surface area contributed by atoms with Crippen molar-refractivity contribution in [2.24, 2.45) is 0 Å². The highest BCUT2D eigenvalue weighted by Gasteiger charge is 2.17. The minimum atomic E-state index is -0.193. The van der Waals surface area contributed by atoms with Crippen LogP contribution >= 0.6 is 11.8 Å². The zero-order valence-electron chi connectivity index (χ0n) is 10.4. The maximum absolute atomic E-state index is 11.8. The standard InChI is InChI=1S/C12H19N3OS/c1-4-8(2)15-11(16)9(3)17-12-10(13)6-5-7-14-12/h5-9H,4,13H2,1-3H3,(H,15,16). The van der Waals surface area contributed by atoms with Gasteiger partial charge >= 0.3 is 0 Å². The van der Waals surface area contributed by atoms with Crippen LogP contribution in [-0.2, 0) is 4.79 Å². The van der Waals surface area contributed by atoms with E-state index >= 15 is 0 Å². The summed E-state index contributed by atoms with van der Waals surface area (Å²) in [7, 11) is 0. The molecule has 0 spiro atoms. The molecule has 1 rings (SSSR count). The van der Waals surface area contributed by atoms with Crippen molar-refractivity contribution in [1.29, 1.82) is 0 Å². The van der Waals surface area contributed by atoms with Gasteiger partial charge in [-0.3, -0.25) is 4.79 Å². The molecule has 1 aromatic heterocycles. The van der Waals surface area contributed by atoms with E-state index in [1.807, 2.05) is 20.8 Å². The monoisotopic (exact) mass is 253 g/mol. The van der Waals surface area contributed by atoms with Gasteiger partial charge in [0.15, 0.2) is 0 Å². The van der Waals surface area contributed by atoms with Gasteiger partial charge in [0.1, 0.15) is 5.03 Å². The van der Waals surface area contributed by atoms with Gasteiger partial charge in [-0.1, -0.05) is 18.7 Å². The minimum Gasteiger partial charge on any atom is -0.397 e. The van der Waals surface area contributed by atoms with Crippen LogP contribution in [0.3, 0.4) is 0 Å². The van der Waals surface area contributed by atoms with Crippen molar-refractivity contribution in [3.8, 4) is 0 Å². The summed E-state index contributed by atoms with van der Waals surface area (Å²) in [5.74, 6) is 0.0226. The zero-order valence-corrected chi connectivity index (χ0v) is 11.3. The Labute approximate surface area is 106 Å². The Morgan fingerprint density at radius 2 is 2.29 bits per heavy atom. The molecule has 0 radical (unpaired) electrons. The normalized spacial score (nSPS) is 14.1. The number of carbonyl (C=O) groups excluding carboxylic acids is 1. The third-order valence-electron chi connectivity index (χ3n) is 2.46. The minimum absolute atomic E-state index is 0.0226. The summed E-state index contributed by atoms with van der Waals surface area (Å²) in [5.41, 5.74) is 6.39. The highest BCUT2D eigenvalue weighted by molar-refractivity contribution is 8.00. The lowest BCUT2D eigenvalue weighted by molar-refractivity contribution is -0.120. The molecule has 0 saturated carbocycles. The van der Waals surface area contributed by atoms with E-state index in [1.54, 1.807) is 18.3 Å². The fraction of sp³-hybridized carbons (Fsp3) is 0.500. The molecule has 17 heavy (non-hydrogen) atoms. The first-order valence-corrected chi connectivity index (χ1v) is 6.60. The van der Waals surface area contributed by atoms with Crippen LogP contribution in [-0.4, -0.2) is 22.2 Å². The second-order valence-electron chi connectivity index (χ2n) is 3.98. The third-order valence-corrected chi connectivity index (χ3v) is 3.59. The second-order valence-corrected chi connectivity index (χ2v) is 5.31. The Hall–Kier alpha value is -1.23. The molecule has 1 amide bonds. The Bertz CT molecular complexity index is 384. The number of aromatic nitrogens is 1. The summed E-state index contributed by atoms with van der Waals surface area (Å²) in [5, 5.41) is 3.46. The fourth-order valence-electron chi connectivity index (χ4n) is 1.18. The lowest BCUT2D eigenvalue weighted by Crippen LogP contribution is -2.37. The van der Waals surface area contributed by atoms with Gasteiger partial charge in [0.25, 0.3) is 0 Å². The number of anilines is 1. The molecule has 2 unspecified atom stereocenters. The molecule has 0 aliphatic carbocycles. The summed E-state index contributed by atoms with van der Waals surface area (Å²) in [6.45, 7) is 5.89. The van der Waals surface area contributed by atoms with Crippen molar-refractivity contribution in [3.63, 3.8) is 0 Å². The van der Waals surface area contributed by atoms with Crippen LogP contribution in [0.5, 0.6) is 0 Å². The number of nitrogen functional groups attached to an aromatic ring is 1. The van der Waals surface area contributed by atoms with Crippen molar-refractivity contribution >= 4 is 23.4 Å². The van der Waals surface area contributed by atoms with Crippen molar-refractivity contribution in [3.05, 3.63) is 18.3 Å². The first-order chi connectivity index (χ1) is 8.04.